The Kier molecular flexibility index (Phi) is 7.90. The SMILES string of the molecule is C#CCNC(=O)c1c(NCC(=O)CC)nc(C#Cc2ccc(OC)c(OC)c2)n1C. The van der Waals surface area contributed by atoms with Gasteiger partial charge in [-0.25, -0.2) is 4.98 Å². The van der Waals surface area contributed by atoms with E-state index in [4.69, 9.17) is 15.9 Å². The third kappa shape index (κ3) is 5.33. The topological polar surface area (TPSA) is 94.5 Å². The lowest BCUT2D eigenvalue weighted by Crippen LogP contribution is -2.27. The minimum absolute atomic E-state index is 0.00593. The summed E-state index contributed by atoms with van der Waals surface area (Å²) >= 11 is 0. The lowest BCUT2D eigenvalue weighted by Gasteiger charge is -2.07. The molecule has 2 N–H and O–H groups in total. The molecule has 0 unspecified atom stereocenters. The van der Waals surface area contributed by atoms with Gasteiger partial charge >= 0.3 is 0 Å². The van der Waals surface area contributed by atoms with Crippen LogP contribution in [0.15, 0.2) is 18.2 Å². The molecule has 0 fully saturated rings. The summed E-state index contributed by atoms with van der Waals surface area (Å²) in [6, 6.07) is 5.29. The number of benzene rings is 1. The molecule has 2 rings (SSSR count). The molecule has 0 radical (unpaired) electrons. The van der Waals surface area contributed by atoms with Crippen LogP contribution in [0.2, 0.25) is 0 Å². The van der Waals surface area contributed by atoms with Crippen LogP contribution in [0.4, 0.5) is 5.82 Å². The fraction of sp³-hybridized carbons (Fsp3) is 0.318. The van der Waals surface area contributed by atoms with Gasteiger partial charge in [0.2, 0.25) is 0 Å². The highest BCUT2D eigenvalue weighted by Crippen LogP contribution is 2.27. The fourth-order valence-electron chi connectivity index (χ4n) is 2.56. The first-order valence-corrected chi connectivity index (χ1v) is 9.23. The third-order valence-corrected chi connectivity index (χ3v) is 4.21. The van der Waals surface area contributed by atoms with E-state index in [0.29, 0.717) is 29.3 Å². The zero-order chi connectivity index (χ0) is 22.1. The molecule has 1 heterocycles. The summed E-state index contributed by atoms with van der Waals surface area (Å²) in [6.07, 6.45) is 5.60. The van der Waals surface area contributed by atoms with Gasteiger partial charge in [0.15, 0.2) is 34.6 Å². The Bertz CT molecular complexity index is 1040. The van der Waals surface area contributed by atoms with E-state index >= 15 is 0 Å². The van der Waals surface area contributed by atoms with Crippen LogP contribution >= 0.6 is 0 Å². The molecule has 0 bridgehead atoms. The molecule has 0 aliphatic carbocycles. The van der Waals surface area contributed by atoms with E-state index in [0.717, 1.165) is 0 Å². The molecular weight excluding hydrogens is 384 g/mol. The highest BCUT2D eigenvalue weighted by atomic mass is 16.5. The first-order valence-electron chi connectivity index (χ1n) is 9.23. The van der Waals surface area contributed by atoms with Gasteiger partial charge in [0.25, 0.3) is 5.91 Å². The van der Waals surface area contributed by atoms with Crippen molar-refractivity contribution in [3.8, 4) is 35.7 Å². The largest absolute Gasteiger partial charge is 0.493 e. The van der Waals surface area contributed by atoms with Crippen LogP contribution in [0.1, 0.15) is 35.2 Å². The second-order valence-corrected chi connectivity index (χ2v) is 6.14. The summed E-state index contributed by atoms with van der Waals surface area (Å²) in [5, 5.41) is 5.52. The molecule has 0 saturated carbocycles. The molecule has 8 nitrogen and oxygen atoms in total. The van der Waals surface area contributed by atoms with Gasteiger partial charge in [0.05, 0.1) is 27.3 Å². The number of carbonyl (C=O) groups is 2. The highest BCUT2D eigenvalue weighted by Gasteiger charge is 2.20. The van der Waals surface area contributed by atoms with Crippen LogP contribution in [-0.2, 0) is 11.8 Å². The number of nitrogens with zero attached hydrogens (tertiary/aromatic N) is 2. The number of rotatable bonds is 8. The van der Waals surface area contributed by atoms with Gasteiger partial charge in [0, 0.05) is 19.0 Å². The number of ketones is 1. The highest BCUT2D eigenvalue weighted by molar-refractivity contribution is 5.98. The Morgan fingerprint density at radius 3 is 2.57 bits per heavy atom. The van der Waals surface area contributed by atoms with Crippen molar-refractivity contribution in [2.24, 2.45) is 7.05 Å². The van der Waals surface area contributed by atoms with Gasteiger partial charge in [-0.1, -0.05) is 18.8 Å². The normalized spacial score (nSPS) is 9.70. The number of carbonyl (C=O) groups excluding carboxylic acids is 2. The maximum absolute atomic E-state index is 12.5. The molecule has 0 atom stereocenters. The van der Waals surface area contributed by atoms with Crippen molar-refractivity contribution in [1.82, 2.24) is 14.9 Å². The number of hydrogen-bond acceptors (Lipinski definition) is 6. The van der Waals surface area contributed by atoms with Gasteiger partial charge < -0.3 is 24.7 Å². The number of nitrogens with one attached hydrogen (secondary N) is 2. The van der Waals surface area contributed by atoms with Gasteiger partial charge in [0.1, 0.15) is 0 Å². The van der Waals surface area contributed by atoms with Crippen molar-refractivity contribution in [3.05, 3.63) is 35.3 Å². The van der Waals surface area contributed by atoms with Crippen molar-refractivity contribution in [3.63, 3.8) is 0 Å². The van der Waals surface area contributed by atoms with Crippen molar-refractivity contribution >= 4 is 17.5 Å². The molecule has 0 aliphatic heterocycles. The monoisotopic (exact) mass is 408 g/mol. The molecule has 1 amide bonds. The Labute approximate surface area is 176 Å². The van der Waals surface area contributed by atoms with Crippen LogP contribution in [0, 0.1) is 24.2 Å². The summed E-state index contributed by atoms with van der Waals surface area (Å²) in [5.74, 6) is 9.66. The molecule has 0 saturated heterocycles. The molecule has 0 spiro atoms. The van der Waals surface area contributed by atoms with Crippen molar-refractivity contribution < 1.29 is 19.1 Å². The minimum atomic E-state index is -0.409. The Morgan fingerprint density at radius 2 is 1.93 bits per heavy atom. The Morgan fingerprint density at radius 1 is 1.20 bits per heavy atom. The van der Waals surface area contributed by atoms with E-state index in [1.54, 1.807) is 51.0 Å². The average molecular weight is 408 g/mol. The van der Waals surface area contributed by atoms with Gasteiger partial charge in [-0.05, 0) is 24.1 Å². The van der Waals surface area contributed by atoms with Crippen LogP contribution in [0.3, 0.4) is 0 Å². The van der Waals surface area contributed by atoms with Crippen LogP contribution in [0.25, 0.3) is 0 Å². The van der Waals surface area contributed by atoms with E-state index in [1.165, 1.54) is 0 Å². The number of methoxy groups -OCH3 is 2. The van der Waals surface area contributed by atoms with E-state index in [2.05, 4.69) is 33.4 Å². The molecule has 8 heteroatoms. The summed E-state index contributed by atoms with van der Waals surface area (Å²) in [7, 11) is 4.77. The Balaban J connectivity index is 2.40. The smallest absolute Gasteiger partial charge is 0.272 e. The maximum Gasteiger partial charge on any atom is 0.272 e. The zero-order valence-electron chi connectivity index (χ0n) is 17.5. The van der Waals surface area contributed by atoms with Crippen LogP contribution in [-0.4, -0.2) is 48.6 Å². The first kappa shape index (κ1) is 22.4. The van der Waals surface area contributed by atoms with Gasteiger partial charge in [-0.15, -0.1) is 6.42 Å². The number of terminal acetylenes is 1. The molecule has 1 aromatic carbocycles. The van der Waals surface area contributed by atoms with Gasteiger partial charge in [-0.2, -0.15) is 0 Å². The van der Waals surface area contributed by atoms with Crippen LogP contribution in [0.5, 0.6) is 11.5 Å². The summed E-state index contributed by atoms with van der Waals surface area (Å²) in [6.45, 7) is 1.90. The summed E-state index contributed by atoms with van der Waals surface area (Å²) in [5.41, 5.74) is 0.926. The third-order valence-electron chi connectivity index (χ3n) is 4.21. The van der Waals surface area contributed by atoms with E-state index in [-0.39, 0.29) is 30.4 Å². The number of imidazole rings is 1. The number of Topliss-reactive ketones (excluding diaryl/α,β-unsaturated/α-hetero) is 1. The predicted molar refractivity (Wildman–Crippen MR) is 114 cm³/mol. The van der Waals surface area contributed by atoms with E-state index < -0.39 is 5.91 Å². The van der Waals surface area contributed by atoms with Gasteiger partial charge in [-0.3, -0.25) is 9.59 Å². The molecule has 2 aromatic rings. The summed E-state index contributed by atoms with van der Waals surface area (Å²) in [4.78, 5) is 28.6. The molecule has 30 heavy (non-hydrogen) atoms. The van der Waals surface area contributed by atoms with Crippen molar-refractivity contribution in [1.29, 1.82) is 0 Å². The second kappa shape index (κ2) is 10.6. The lowest BCUT2D eigenvalue weighted by molar-refractivity contribution is -0.117. The number of anilines is 1. The fourth-order valence-corrected chi connectivity index (χ4v) is 2.56. The summed E-state index contributed by atoms with van der Waals surface area (Å²) < 4.78 is 12.1. The second-order valence-electron chi connectivity index (χ2n) is 6.14. The number of aromatic nitrogens is 2. The van der Waals surface area contributed by atoms with Crippen molar-refractivity contribution in [2.75, 3.05) is 32.6 Å². The lowest BCUT2D eigenvalue weighted by atomic mass is 10.2. The predicted octanol–water partition coefficient (Wildman–Crippen LogP) is 1.59. The molecule has 0 aliphatic rings. The number of hydrogen-bond donors (Lipinski definition) is 2. The Hall–Kier alpha value is -3.91. The maximum atomic E-state index is 12.5. The number of amides is 1. The molecule has 156 valence electrons. The van der Waals surface area contributed by atoms with Crippen LogP contribution < -0.4 is 20.1 Å². The van der Waals surface area contributed by atoms with E-state index in [1.807, 2.05) is 0 Å². The minimum Gasteiger partial charge on any atom is -0.493 e. The van der Waals surface area contributed by atoms with E-state index in [9.17, 15) is 9.59 Å². The molecular formula is C22H24N4O4. The zero-order valence-corrected chi connectivity index (χ0v) is 17.5. The standard InChI is InChI=1S/C22H24N4O4/c1-6-12-23-22(28)20-21(24-14-16(27)7-2)25-19(26(20)3)11-9-15-8-10-17(29-4)18(13-15)30-5/h1,8,10,13,24H,7,12,14H2,2-5H3,(H,23,28). The first-order chi connectivity index (χ1) is 14.4. The van der Waals surface area contributed by atoms with Crippen molar-refractivity contribution in [2.45, 2.75) is 13.3 Å². The molecule has 1 aromatic heterocycles. The average Bonchev–Trinajstić information content (AvgIpc) is 3.09. The quantitative estimate of drug-likeness (QED) is 0.645. The number of ether oxygens (including phenoxy) is 2.